The third-order valence-electron chi connectivity index (χ3n) is 4.82. The Morgan fingerprint density at radius 2 is 1.50 bits per heavy atom. The van der Waals surface area contributed by atoms with Crippen molar-refractivity contribution in [2.75, 3.05) is 0 Å². The summed E-state index contributed by atoms with van der Waals surface area (Å²) in [5.41, 5.74) is 3.78. The van der Waals surface area contributed by atoms with E-state index in [1.807, 2.05) is 36.7 Å². The molecule has 5 nitrogen and oxygen atoms in total. The number of nitrogens with zero attached hydrogens (tertiary/aromatic N) is 3. The first-order chi connectivity index (χ1) is 14.0. The number of rotatable bonds is 1. The Labute approximate surface area is 182 Å². The van der Waals surface area contributed by atoms with E-state index in [9.17, 15) is 5.11 Å². The molecule has 4 aromatic rings. The highest BCUT2D eigenvalue weighted by Crippen LogP contribution is 2.39. The number of hydrogen-bond donors (Lipinski definition) is 2. The molecule has 2 N–H and O–H groups in total. The van der Waals surface area contributed by atoms with Gasteiger partial charge >= 0.3 is 0 Å². The number of fused-ring (bicyclic) bond motifs is 1. The highest BCUT2D eigenvalue weighted by molar-refractivity contribution is 6.31. The molecular formula is C24H29ClN4O. The summed E-state index contributed by atoms with van der Waals surface area (Å²) in [6.45, 7) is 12.7. The average Bonchev–Trinajstić information content (AvgIpc) is 3.32. The van der Waals surface area contributed by atoms with Crippen LogP contribution in [0.3, 0.4) is 0 Å². The summed E-state index contributed by atoms with van der Waals surface area (Å²) < 4.78 is 0. The summed E-state index contributed by atoms with van der Waals surface area (Å²) in [6.07, 6.45) is 3.75. The summed E-state index contributed by atoms with van der Waals surface area (Å²) in [4.78, 5) is 4.36. The van der Waals surface area contributed by atoms with Crippen LogP contribution in [0, 0.1) is 0 Å². The summed E-state index contributed by atoms with van der Waals surface area (Å²) in [7, 11) is 0. The number of benzene rings is 2. The number of aromatic hydroxyl groups is 1. The Morgan fingerprint density at radius 3 is 2.03 bits per heavy atom. The number of phenols is 1. The lowest BCUT2D eigenvalue weighted by Crippen LogP contribution is -2.18. The zero-order valence-corrected chi connectivity index (χ0v) is 19.1. The Balaban J connectivity index is 0.000000448. The van der Waals surface area contributed by atoms with Gasteiger partial charge < -0.3 is 10.1 Å². The van der Waals surface area contributed by atoms with Gasteiger partial charge in [0.25, 0.3) is 0 Å². The minimum absolute atomic E-state index is 0.0572. The van der Waals surface area contributed by atoms with E-state index in [0.29, 0.717) is 16.2 Å². The highest BCUT2D eigenvalue weighted by Gasteiger charge is 2.26. The van der Waals surface area contributed by atoms with Crippen LogP contribution in [-0.4, -0.2) is 25.1 Å². The molecule has 0 saturated carbocycles. The van der Waals surface area contributed by atoms with Gasteiger partial charge in [-0.25, -0.2) is 0 Å². The minimum Gasteiger partial charge on any atom is -0.505 e. The van der Waals surface area contributed by atoms with E-state index in [2.05, 4.69) is 62.8 Å². The number of aromatic amines is 1. The van der Waals surface area contributed by atoms with Crippen LogP contribution < -0.4 is 0 Å². The van der Waals surface area contributed by atoms with Gasteiger partial charge in [0.2, 0.25) is 0 Å². The van der Waals surface area contributed by atoms with Gasteiger partial charge in [-0.1, -0.05) is 59.2 Å². The van der Waals surface area contributed by atoms with Crippen LogP contribution in [0.25, 0.3) is 16.7 Å². The van der Waals surface area contributed by atoms with Crippen molar-refractivity contribution < 1.29 is 5.11 Å². The Hall–Kier alpha value is -2.79. The lowest BCUT2D eigenvalue weighted by molar-refractivity contribution is 0.438. The fourth-order valence-electron chi connectivity index (χ4n) is 3.05. The molecule has 4 rings (SSSR count). The first kappa shape index (κ1) is 21.9. The molecule has 30 heavy (non-hydrogen) atoms. The van der Waals surface area contributed by atoms with Crippen molar-refractivity contribution in [2.24, 2.45) is 0 Å². The molecule has 0 radical (unpaired) electrons. The molecule has 0 aliphatic rings. The van der Waals surface area contributed by atoms with E-state index >= 15 is 0 Å². The molecule has 0 bridgehead atoms. The summed E-state index contributed by atoms with van der Waals surface area (Å²) >= 11 is 6.05. The first-order valence-electron chi connectivity index (χ1n) is 9.95. The second-order valence-electron chi connectivity index (χ2n) is 9.40. The maximum atomic E-state index is 10.9. The van der Waals surface area contributed by atoms with E-state index in [4.69, 9.17) is 11.6 Å². The summed E-state index contributed by atoms with van der Waals surface area (Å²) in [5, 5.41) is 20.6. The smallest absolute Gasteiger partial charge is 0.146 e. The molecule has 0 saturated heterocycles. The molecule has 2 aromatic carbocycles. The van der Waals surface area contributed by atoms with Crippen molar-refractivity contribution in [3.05, 3.63) is 71.0 Å². The van der Waals surface area contributed by atoms with Crippen LogP contribution in [-0.2, 0) is 10.8 Å². The maximum Gasteiger partial charge on any atom is 0.146 e. The molecule has 0 atom stereocenters. The number of halogens is 1. The second kappa shape index (κ2) is 8.15. The molecule has 6 heteroatoms. The van der Waals surface area contributed by atoms with E-state index in [-0.39, 0.29) is 16.6 Å². The van der Waals surface area contributed by atoms with Gasteiger partial charge in [0.1, 0.15) is 22.5 Å². The van der Waals surface area contributed by atoms with Crippen molar-refractivity contribution in [3.8, 4) is 11.4 Å². The Kier molecular flexibility index (Phi) is 5.95. The fourth-order valence-corrected chi connectivity index (χ4v) is 3.22. The van der Waals surface area contributed by atoms with Gasteiger partial charge in [0.05, 0.1) is 0 Å². The molecular weight excluding hydrogens is 396 g/mol. The van der Waals surface area contributed by atoms with Gasteiger partial charge in [0.15, 0.2) is 0 Å². The van der Waals surface area contributed by atoms with Crippen molar-refractivity contribution in [1.29, 1.82) is 0 Å². The first-order valence-corrected chi connectivity index (χ1v) is 10.3. The quantitative estimate of drug-likeness (QED) is 0.372. The van der Waals surface area contributed by atoms with Gasteiger partial charge in [-0.05, 0) is 52.8 Å². The van der Waals surface area contributed by atoms with Gasteiger partial charge in [-0.15, -0.1) is 15.0 Å². The second-order valence-corrected chi connectivity index (χ2v) is 9.84. The van der Waals surface area contributed by atoms with Gasteiger partial charge in [0, 0.05) is 23.0 Å². The molecule has 2 aromatic heterocycles. The SMILES string of the molecule is CC(C)(C)c1cc(-n2nc3ccc(Cl)cc3n2)c(O)c(C(C)(C)C)c1.c1cc[nH]c1. The molecule has 0 unspecified atom stereocenters. The van der Waals surface area contributed by atoms with Crippen molar-refractivity contribution in [3.63, 3.8) is 0 Å². The molecule has 2 heterocycles. The number of phenolic OH excluding ortho intramolecular Hbond substituents is 1. The largest absolute Gasteiger partial charge is 0.505 e. The molecule has 0 fully saturated rings. The van der Waals surface area contributed by atoms with Crippen molar-refractivity contribution >= 4 is 22.6 Å². The lowest BCUT2D eigenvalue weighted by atomic mass is 9.80. The highest BCUT2D eigenvalue weighted by atomic mass is 35.5. The maximum absolute atomic E-state index is 10.9. The van der Waals surface area contributed by atoms with Crippen LogP contribution in [0.2, 0.25) is 5.02 Å². The van der Waals surface area contributed by atoms with Crippen LogP contribution in [0.15, 0.2) is 54.9 Å². The average molecular weight is 425 g/mol. The fraction of sp³-hybridized carbons (Fsp3) is 0.333. The number of hydrogen-bond acceptors (Lipinski definition) is 3. The Morgan fingerprint density at radius 1 is 0.867 bits per heavy atom. The lowest BCUT2D eigenvalue weighted by Gasteiger charge is -2.27. The van der Waals surface area contributed by atoms with E-state index in [1.54, 1.807) is 12.1 Å². The zero-order chi connectivity index (χ0) is 22.1. The number of nitrogens with one attached hydrogen (secondary N) is 1. The minimum atomic E-state index is -0.198. The predicted octanol–water partition coefficient (Wildman–Crippen LogP) is 6.39. The summed E-state index contributed by atoms with van der Waals surface area (Å²) in [6, 6.07) is 13.3. The Bertz CT molecular complexity index is 1120. The van der Waals surface area contributed by atoms with E-state index in [0.717, 1.165) is 16.6 Å². The van der Waals surface area contributed by atoms with E-state index in [1.165, 1.54) is 4.80 Å². The van der Waals surface area contributed by atoms with Gasteiger partial charge in [-0.2, -0.15) is 0 Å². The van der Waals surface area contributed by atoms with Crippen LogP contribution >= 0.6 is 11.6 Å². The van der Waals surface area contributed by atoms with Crippen LogP contribution in [0.1, 0.15) is 52.7 Å². The number of aromatic nitrogens is 4. The third-order valence-corrected chi connectivity index (χ3v) is 5.05. The van der Waals surface area contributed by atoms with E-state index < -0.39 is 0 Å². The standard InChI is InChI=1S/C20H24ClN3O.C4H5N/c1-19(2,3)12-9-14(20(4,5)6)18(25)17(10-12)24-22-15-8-7-13(21)11-16(15)23-24;1-2-4-5-3-1/h7-11,25H,1-6H3;1-5H. The van der Waals surface area contributed by atoms with Gasteiger partial charge in [-0.3, -0.25) is 0 Å². The molecule has 158 valence electrons. The monoisotopic (exact) mass is 424 g/mol. The van der Waals surface area contributed by atoms with Crippen LogP contribution in [0.5, 0.6) is 5.75 Å². The van der Waals surface area contributed by atoms with Crippen molar-refractivity contribution in [1.82, 2.24) is 20.0 Å². The third kappa shape index (κ3) is 4.85. The molecule has 0 amide bonds. The molecule has 0 spiro atoms. The number of H-pyrrole nitrogens is 1. The molecule has 0 aliphatic heterocycles. The topological polar surface area (TPSA) is 66.7 Å². The zero-order valence-electron chi connectivity index (χ0n) is 18.4. The predicted molar refractivity (Wildman–Crippen MR) is 124 cm³/mol. The normalized spacial score (nSPS) is 12.0. The molecule has 0 aliphatic carbocycles. The van der Waals surface area contributed by atoms with Crippen molar-refractivity contribution in [2.45, 2.75) is 52.4 Å². The summed E-state index contributed by atoms with van der Waals surface area (Å²) in [5.74, 6) is 0.215. The van der Waals surface area contributed by atoms with Crippen LogP contribution in [0.4, 0.5) is 0 Å².